The Labute approximate surface area is 156 Å². The molecule has 1 aliphatic rings. The van der Waals surface area contributed by atoms with Crippen molar-refractivity contribution in [2.45, 2.75) is 25.6 Å². The summed E-state index contributed by atoms with van der Waals surface area (Å²) in [4.78, 5) is 27.7. The Bertz CT molecular complexity index is 846. The molecule has 128 valence electrons. The van der Waals surface area contributed by atoms with E-state index >= 15 is 0 Å². The second-order valence-electron chi connectivity index (χ2n) is 6.02. The highest BCUT2D eigenvalue weighted by molar-refractivity contribution is 8.04. The Morgan fingerprint density at radius 1 is 0.960 bits per heavy atom. The predicted octanol–water partition coefficient (Wildman–Crippen LogP) is 4.76. The van der Waals surface area contributed by atoms with E-state index < -0.39 is 0 Å². The first-order chi connectivity index (χ1) is 12.0. The Hall–Kier alpha value is -2.04. The molecule has 0 fully saturated rings. The van der Waals surface area contributed by atoms with Crippen molar-refractivity contribution in [2.24, 2.45) is 0 Å². The van der Waals surface area contributed by atoms with Crippen LogP contribution in [0.2, 0.25) is 5.02 Å². The summed E-state index contributed by atoms with van der Waals surface area (Å²) >= 11 is 7.63. The van der Waals surface area contributed by atoms with E-state index in [0.717, 1.165) is 11.1 Å². The van der Waals surface area contributed by atoms with Crippen LogP contribution in [0.3, 0.4) is 0 Å². The lowest BCUT2D eigenvalue weighted by Crippen LogP contribution is -2.31. The van der Waals surface area contributed by atoms with Crippen LogP contribution in [0.15, 0.2) is 59.5 Å². The fraction of sp³-hybridized carbons (Fsp3) is 0.200. The van der Waals surface area contributed by atoms with Gasteiger partial charge >= 0.3 is 0 Å². The minimum atomic E-state index is -0.265. The van der Waals surface area contributed by atoms with Gasteiger partial charge in [0, 0.05) is 10.3 Å². The first-order valence-electron chi connectivity index (χ1n) is 8.05. The summed E-state index contributed by atoms with van der Waals surface area (Å²) in [6.45, 7) is 4.19. The highest BCUT2D eigenvalue weighted by atomic mass is 35.5. The molecule has 3 nitrogen and oxygen atoms in total. The van der Waals surface area contributed by atoms with E-state index in [1.165, 1.54) is 16.7 Å². The van der Waals surface area contributed by atoms with Crippen LogP contribution < -0.4 is 0 Å². The molecule has 1 heterocycles. The molecular formula is C20H18ClNO2S. The van der Waals surface area contributed by atoms with Gasteiger partial charge in [0.25, 0.3) is 11.8 Å². The normalized spacial score (nSPS) is 14.8. The molecule has 25 heavy (non-hydrogen) atoms. The standard InChI is InChI=1S/C20H18ClNO2S/c1-13(2)25-18-17(14-8-4-3-5-9-14)19(23)22(20(18)24)12-15-10-6-7-11-16(15)21/h3-11,13H,12H2,1-2H3. The Balaban J connectivity index is 1.99. The van der Waals surface area contributed by atoms with Crippen molar-refractivity contribution >= 4 is 40.8 Å². The number of hydrogen-bond donors (Lipinski definition) is 0. The summed E-state index contributed by atoms with van der Waals surface area (Å²) in [7, 11) is 0. The molecule has 0 saturated heterocycles. The fourth-order valence-electron chi connectivity index (χ4n) is 2.70. The summed E-state index contributed by atoms with van der Waals surface area (Å²) in [5.74, 6) is -0.512. The third-order valence-corrected chi connectivity index (χ3v) is 5.28. The number of thioether (sulfide) groups is 1. The molecule has 2 aromatic carbocycles. The second-order valence-corrected chi connectivity index (χ2v) is 8.02. The summed E-state index contributed by atoms with van der Waals surface area (Å²) in [6, 6.07) is 16.6. The van der Waals surface area contributed by atoms with Crippen LogP contribution in [0.1, 0.15) is 25.0 Å². The van der Waals surface area contributed by atoms with Crippen molar-refractivity contribution in [2.75, 3.05) is 0 Å². The minimum absolute atomic E-state index is 0.176. The van der Waals surface area contributed by atoms with Gasteiger partial charge in [0.2, 0.25) is 0 Å². The van der Waals surface area contributed by atoms with Crippen molar-refractivity contribution in [3.8, 4) is 0 Å². The molecule has 2 aromatic rings. The fourth-order valence-corrected chi connectivity index (χ4v) is 3.90. The molecule has 0 spiro atoms. The topological polar surface area (TPSA) is 37.4 Å². The molecular weight excluding hydrogens is 354 g/mol. The molecule has 0 unspecified atom stereocenters. The highest BCUT2D eigenvalue weighted by Gasteiger charge is 2.39. The van der Waals surface area contributed by atoms with E-state index in [0.29, 0.717) is 15.5 Å². The van der Waals surface area contributed by atoms with Crippen molar-refractivity contribution in [3.63, 3.8) is 0 Å². The minimum Gasteiger partial charge on any atom is -0.269 e. The van der Waals surface area contributed by atoms with E-state index in [-0.39, 0.29) is 23.6 Å². The Morgan fingerprint density at radius 3 is 2.24 bits per heavy atom. The van der Waals surface area contributed by atoms with E-state index in [1.54, 1.807) is 6.07 Å². The van der Waals surface area contributed by atoms with Gasteiger partial charge in [-0.05, 0) is 17.2 Å². The summed E-state index contributed by atoms with van der Waals surface area (Å²) in [6.07, 6.45) is 0. The number of amides is 2. The van der Waals surface area contributed by atoms with Crippen molar-refractivity contribution < 1.29 is 9.59 Å². The lowest BCUT2D eigenvalue weighted by atomic mass is 10.1. The number of carbonyl (C=O) groups is 2. The molecule has 0 saturated carbocycles. The number of halogens is 1. The van der Waals surface area contributed by atoms with Crippen LogP contribution in [0.5, 0.6) is 0 Å². The smallest absolute Gasteiger partial charge is 0.268 e. The largest absolute Gasteiger partial charge is 0.269 e. The third kappa shape index (κ3) is 3.65. The first-order valence-corrected chi connectivity index (χ1v) is 9.30. The molecule has 0 atom stereocenters. The second kappa shape index (κ2) is 7.46. The maximum absolute atomic E-state index is 13.0. The summed E-state index contributed by atoms with van der Waals surface area (Å²) < 4.78 is 0. The molecule has 0 N–H and O–H groups in total. The van der Waals surface area contributed by atoms with E-state index in [1.807, 2.05) is 62.4 Å². The Kier molecular flexibility index (Phi) is 5.30. The molecule has 3 rings (SSSR count). The van der Waals surface area contributed by atoms with E-state index in [4.69, 9.17) is 11.6 Å². The molecule has 1 aliphatic heterocycles. The van der Waals surface area contributed by atoms with Gasteiger partial charge in [0.1, 0.15) is 0 Å². The quantitative estimate of drug-likeness (QED) is 0.711. The maximum atomic E-state index is 13.0. The maximum Gasteiger partial charge on any atom is 0.268 e. The average molecular weight is 372 g/mol. The van der Waals surface area contributed by atoms with Gasteiger partial charge in [-0.25, -0.2) is 0 Å². The zero-order valence-electron chi connectivity index (χ0n) is 14.0. The third-order valence-electron chi connectivity index (χ3n) is 3.83. The Morgan fingerprint density at radius 2 is 1.60 bits per heavy atom. The van der Waals surface area contributed by atoms with Gasteiger partial charge in [0.05, 0.1) is 17.0 Å². The van der Waals surface area contributed by atoms with Crippen molar-refractivity contribution in [1.29, 1.82) is 0 Å². The van der Waals surface area contributed by atoms with E-state index in [9.17, 15) is 9.59 Å². The molecule has 2 amide bonds. The van der Waals surface area contributed by atoms with Gasteiger partial charge in [-0.15, -0.1) is 11.8 Å². The monoisotopic (exact) mass is 371 g/mol. The average Bonchev–Trinajstić information content (AvgIpc) is 2.81. The van der Waals surface area contributed by atoms with Crippen LogP contribution in [0, 0.1) is 0 Å². The van der Waals surface area contributed by atoms with E-state index in [2.05, 4.69) is 0 Å². The lowest BCUT2D eigenvalue weighted by Gasteiger charge is -2.16. The zero-order valence-corrected chi connectivity index (χ0v) is 15.6. The number of imide groups is 1. The number of benzene rings is 2. The SMILES string of the molecule is CC(C)SC1=C(c2ccccc2)C(=O)N(Cc2ccccc2Cl)C1=O. The lowest BCUT2D eigenvalue weighted by molar-refractivity contribution is -0.137. The molecule has 5 heteroatoms. The highest BCUT2D eigenvalue weighted by Crippen LogP contribution is 2.38. The van der Waals surface area contributed by atoms with Crippen LogP contribution in [0.4, 0.5) is 0 Å². The van der Waals surface area contributed by atoms with Crippen molar-refractivity contribution in [3.05, 3.63) is 75.7 Å². The van der Waals surface area contributed by atoms with Crippen molar-refractivity contribution in [1.82, 2.24) is 4.90 Å². The van der Waals surface area contributed by atoms with Gasteiger partial charge in [0.15, 0.2) is 0 Å². The first kappa shape index (κ1) is 17.8. The zero-order chi connectivity index (χ0) is 18.0. The van der Waals surface area contributed by atoms with Gasteiger partial charge in [-0.1, -0.05) is 74.0 Å². The van der Waals surface area contributed by atoms with Gasteiger partial charge < -0.3 is 0 Å². The molecule has 0 aliphatic carbocycles. The molecule has 0 aromatic heterocycles. The van der Waals surface area contributed by atoms with Crippen LogP contribution in [0.25, 0.3) is 5.57 Å². The number of carbonyl (C=O) groups excluding carboxylic acids is 2. The number of nitrogens with zero attached hydrogens (tertiary/aromatic N) is 1. The van der Waals surface area contributed by atoms with Crippen LogP contribution in [-0.2, 0) is 16.1 Å². The van der Waals surface area contributed by atoms with Gasteiger partial charge in [-0.3, -0.25) is 14.5 Å². The molecule has 0 radical (unpaired) electrons. The number of hydrogen-bond acceptors (Lipinski definition) is 3. The summed E-state index contributed by atoms with van der Waals surface area (Å²) in [5.41, 5.74) is 2.01. The van der Waals surface area contributed by atoms with Gasteiger partial charge in [-0.2, -0.15) is 0 Å². The van der Waals surface area contributed by atoms with Crippen LogP contribution in [-0.4, -0.2) is 22.0 Å². The summed E-state index contributed by atoms with van der Waals surface area (Å²) in [5, 5.41) is 0.750. The number of rotatable bonds is 5. The predicted molar refractivity (Wildman–Crippen MR) is 103 cm³/mol. The molecule has 0 bridgehead atoms. The van der Waals surface area contributed by atoms with Crippen LogP contribution >= 0.6 is 23.4 Å².